The number of rotatable bonds is 6. The predicted octanol–water partition coefficient (Wildman–Crippen LogP) is 0.497. The van der Waals surface area contributed by atoms with Crippen LogP contribution >= 0.6 is 11.6 Å². The summed E-state index contributed by atoms with van der Waals surface area (Å²) < 4.78 is 5.26. The van der Waals surface area contributed by atoms with E-state index in [1.165, 1.54) is 0 Å². The molecule has 0 aliphatic heterocycles. The summed E-state index contributed by atoms with van der Waals surface area (Å²) in [6.07, 6.45) is 0. The first-order valence-corrected chi connectivity index (χ1v) is 5.84. The summed E-state index contributed by atoms with van der Waals surface area (Å²) >= 11 is 5.86. The van der Waals surface area contributed by atoms with Crippen LogP contribution in [0.1, 0.15) is 5.56 Å². The van der Waals surface area contributed by atoms with Gasteiger partial charge in [-0.2, -0.15) is 0 Å². The second kappa shape index (κ2) is 7.20. The molecule has 0 radical (unpaired) electrons. The predicted molar refractivity (Wildman–Crippen MR) is 67.8 cm³/mol. The SMILES string of the molecule is Cc1cc(OCC(=O)NC(CO)CO)ccc1Cl. The Balaban J connectivity index is 2.44. The van der Waals surface area contributed by atoms with Crippen molar-refractivity contribution in [3.63, 3.8) is 0 Å². The van der Waals surface area contributed by atoms with E-state index in [0.29, 0.717) is 10.8 Å². The molecule has 0 saturated heterocycles. The van der Waals surface area contributed by atoms with Gasteiger partial charge < -0.3 is 20.3 Å². The Morgan fingerprint density at radius 2 is 2.11 bits per heavy atom. The van der Waals surface area contributed by atoms with Crippen LogP contribution in [-0.4, -0.2) is 42.0 Å². The van der Waals surface area contributed by atoms with Gasteiger partial charge in [0.2, 0.25) is 0 Å². The van der Waals surface area contributed by atoms with Gasteiger partial charge >= 0.3 is 0 Å². The molecule has 6 heteroatoms. The number of aryl methyl sites for hydroxylation is 1. The van der Waals surface area contributed by atoms with Crippen molar-refractivity contribution in [1.82, 2.24) is 5.32 Å². The van der Waals surface area contributed by atoms with E-state index >= 15 is 0 Å². The molecule has 0 heterocycles. The highest BCUT2D eigenvalue weighted by molar-refractivity contribution is 6.31. The topological polar surface area (TPSA) is 78.8 Å². The standard InChI is InChI=1S/C12H16ClNO4/c1-8-4-10(2-3-11(8)13)18-7-12(17)14-9(5-15)6-16/h2-4,9,15-16H,5-7H2,1H3,(H,14,17). The number of halogens is 1. The van der Waals surface area contributed by atoms with E-state index in [0.717, 1.165) is 5.56 Å². The zero-order valence-electron chi connectivity index (χ0n) is 10.0. The lowest BCUT2D eigenvalue weighted by Crippen LogP contribution is -2.42. The second-order valence-corrected chi connectivity index (χ2v) is 4.24. The number of aliphatic hydroxyl groups excluding tert-OH is 2. The molecule has 1 amide bonds. The summed E-state index contributed by atoms with van der Waals surface area (Å²) in [5.41, 5.74) is 0.859. The van der Waals surface area contributed by atoms with Gasteiger partial charge in [0.05, 0.1) is 19.3 Å². The van der Waals surface area contributed by atoms with Gasteiger partial charge in [-0.3, -0.25) is 4.79 Å². The molecule has 0 saturated carbocycles. The van der Waals surface area contributed by atoms with E-state index in [4.69, 9.17) is 26.6 Å². The Morgan fingerprint density at radius 3 is 2.67 bits per heavy atom. The lowest BCUT2D eigenvalue weighted by Gasteiger charge is -2.13. The first kappa shape index (κ1) is 14.8. The first-order valence-electron chi connectivity index (χ1n) is 5.47. The van der Waals surface area contributed by atoms with Gasteiger partial charge in [0.1, 0.15) is 5.75 Å². The minimum Gasteiger partial charge on any atom is -0.484 e. The molecule has 0 aliphatic carbocycles. The van der Waals surface area contributed by atoms with Crippen molar-refractivity contribution in [3.8, 4) is 5.75 Å². The quantitative estimate of drug-likeness (QED) is 0.705. The molecule has 1 aromatic carbocycles. The number of ether oxygens (including phenoxy) is 1. The van der Waals surface area contributed by atoms with Crippen LogP contribution in [0.3, 0.4) is 0 Å². The van der Waals surface area contributed by atoms with Gasteiger partial charge in [-0.15, -0.1) is 0 Å². The fourth-order valence-corrected chi connectivity index (χ4v) is 1.39. The van der Waals surface area contributed by atoms with Crippen molar-refractivity contribution in [2.45, 2.75) is 13.0 Å². The smallest absolute Gasteiger partial charge is 0.258 e. The van der Waals surface area contributed by atoms with Gasteiger partial charge in [0, 0.05) is 5.02 Å². The molecule has 0 atom stereocenters. The second-order valence-electron chi connectivity index (χ2n) is 3.83. The average Bonchev–Trinajstić information content (AvgIpc) is 2.37. The average molecular weight is 274 g/mol. The largest absolute Gasteiger partial charge is 0.484 e. The lowest BCUT2D eigenvalue weighted by molar-refractivity contribution is -0.124. The summed E-state index contributed by atoms with van der Waals surface area (Å²) in [7, 11) is 0. The molecule has 1 rings (SSSR count). The Bertz CT molecular complexity index is 407. The van der Waals surface area contributed by atoms with Crippen LogP contribution in [-0.2, 0) is 4.79 Å². The number of hydrogen-bond acceptors (Lipinski definition) is 4. The highest BCUT2D eigenvalue weighted by atomic mass is 35.5. The summed E-state index contributed by atoms with van der Waals surface area (Å²) in [4.78, 5) is 11.4. The summed E-state index contributed by atoms with van der Waals surface area (Å²) in [5, 5.41) is 20.6. The summed E-state index contributed by atoms with van der Waals surface area (Å²) in [6, 6.07) is 4.42. The summed E-state index contributed by atoms with van der Waals surface area (Å²) in [6.45, 7) is 1.02. The van der Waals surface area contributed by atoms with Crippen molar-refractivity contribution < 1.29 is 19.7 Å². The summed E-state index contributed by atoms with van der Waals surface area (Å²) in [5.74, 6) is 0.132. The molecule has 0 fully saturated rings. The first-order chi connectivity index (χ1) is 8.56. The number of nitrogens with one attached hydrogen (secondary N) is 1. The van der Waals surface area contributed by atoms with Crippen LogP contribution in [0.25, 0.3) is 0 Å². The van der Waals surface area contributed by atoms with Crippen molar-refractivity contribution in [2.24, 2.45) is 0 Å². The number of aliphatic hydroxyl groups is 2. The third-order valence-corrected chi connectivity index (χ3v) is 2.73. The maximum absolute atomic E-state index is 11.4. The van der Waals surface area contributed by atoms with Crippen molar-refractivity contribution in [1.29, 1.82) is 0 Å². The number of hydrogen-bond donors (Lipinski definition) is 3. The third-order valence-electron chi connectivity index (χ3n) is 2.31. The minimum atomic E-state index is -0.659. The highest BCUT2D eigenvalue weighted by Crippen LogP contribution is 2.20. The number of carbonyl (C=O) groups is 1. The van der Waals surface area contributed by atoms with E-state index in [9.17, 15) is 4.79 Å². The van der Waals surface area contributed by atoms with Gasteiger partial charge in [0.25, 0.3) is 5.91 Å². The third kappa shape index (κ3) is 4.52. The molecular weight excluding hydrogens is 258 g/mol. The van der Waals surface area contributed by atoms with Crippen LogP contribution in [0.15, 0.2) is 18.2 Å². The monoisotopic (exact) mass is 273 g/mol. The minimum absolute atomic E-state index is 0.183. The van der Waals surface area contributed by atoms with Crippen LogP contribution in [0, 0.1) is 6.92 Å². The molecule has 0 aliphatic rings. The fraction of sp³-hybridized carbons (Fsp3) is 0.417. The molecule has 1 aromatic rings. The van der Waals surface area contributed by atoms with Crippen LogP contribution in [0.4, 0.5) is 0 Å². The van der Waals surface area contributed by atoms with Crippen molar-refractivity contribution in [3.05, 3.63) is 28.8 Å². The van der Waals surface area contributed by atoms with Crippen molar-refractivity contribution in [2.75, 3.05) is 19.8 Å². The van der Waals surface area contributed by atoms with Crippen LogP contribution in [0.2, 0.25) is 5.02 Å². The molecule has 0 bridgehead atoms. The van der Waals surface area contributed by atoms with E-state index in [2.05, 4.69) is 5.32 Å². The molecule has 5 nitrogen and oxygen atoms in total. The lowest BCUT2D eigenvalue weighted by atomic mass is 10.2. The number of carbonyl (C=O) groups excluding carboxylic acids is 1. The molecule has 0 spiro atoms. The number of amides is 1. The Kier molecular flexibility index (Phi) is 5.91. The van der Waals surface area contributed by atoms with E-state index < -0.39 is 11.9 Å². The van der Waals surface area contributed by atoms with Crippen LogP contribution < -0.4 is 10.1 Å². The van der Waals surface area contributed by atoms with Gasteiger partial charge in [0.15, 0.2) is 6.61 Å². The van der Waals surface area contributed by atoms with Crippen LogP contribution in [0.5, 0.6) is 5.75 Å². The van der Waals surface area contributed by atoms with E-state index in [-0.39, 0.29) is 19.8 Å². The van der Waals surface area contributed by atoms with E-state index in [1.54, 1.807) is 18.2 Å². The fourth-order valence-electron chi connectivity index (χ4n) is 1.27. The zero-order chi connectivity index (χ0) is 13.5. The van der Waals surface area contributed by atoms with Gasteiger partial charge in [-0.05, 0) is 30.7 Å². The molecule has 0 aromatic heterocycles. The molecule has 18 heavy (non-hydrogen) atoms. The Morgan fingerprint density at radius 1 is 1.44 bits per heavy atom. The Hall–Kier alpha value is -1.30. The Labute approximate surface area is 110 Å². The molecule has 0 unspecified atom stereocenters. The molecular formula is C12H16ClNO4. The maximum Gasteiger partial charge on any atom is 0.258 e. The highest BCUT2D eigenvalue weighted by Gasteiger charge is 2.10. The zero-order valence-corrected chi connectivity index (χ0v) is 10.8. The van der Waals surface area contributed by atoms with Gasteiger partial charge in [-0.1, -0.05) is 11.6 Å². The molecule has 3 N–H and O–H groups in total. The number of benzene rings is 1. The maximum atomic E-state index is 11.4. The van der Waals surface area contributed by atoms with E-state index in [1.807, 2.05) is 6.92 Å². The van der Waals surface area contributed by atoms with Crippen molar-refractivity contribution >= 4 is 17.5 Å². The van der Waals surface area contributed by atoms with Gasteiger partial charge in [-0.25, -0.2) is 0 Å². The normalized spacial score (nSPS) is 10.5. The molecule has 100 valence electrons.